The third-order valence-corrected chi connectivity index (χ3v) is 5.48. The molecular weight excluding hydrogens is 481 g/mol. The fourth-order valence-electron chi connectivity index (χ4n) is 3.90. The van der Waals surface area contributed by atoms with Gasteiger partial charge in [0, 0.05) is 11.3 Å². The summed E-state index contributed by atoms with van der Waals surface area (Å²) < 4.78 is 70.5. The quantitative estimate of drug-likeness (QED) is 0.280. The molecule has 36 heavy (non-hydrogen) atoms. The molecule has 0 radical (unpaired) electrons. The summed E-state index contributed by atoms with van der Waals surface area (Å²) in [5, 5.41) is 6.18. The molecule has 2 aromatic heterocycles. The first-order chi connectivity index (χ1) is 17.2. The number of imidazole rings is 1. The van der Waals surface area contributed by atoms with Gasteiger partial charge in [0.15, 0.2) is 5.69 Å². The molecule has 0 atom stereocenters. The standard InChI is InChI=1S/C25H16F5N5O/c26-24(27)34-20-9-5-4-8-19(20)33-22(34)15-10-12-16(13-11-15)32-23(36)18-14-31-35(21(18)25(28,29)30)17-6-2-1-3-7-17/h1-14,24H,(H,32,36). The van der Waals surface area contributed by atoms with Crippen LogP contribution in [-0.4, -0.2) is 25.2 Å². The minimum atomic E-state index is -4.85. The Bertz CT molecular complexity index is 1540. The highest BCUT2D eigenvalue weighted by Gasteiger charge is 2.40. The van der Waals surface area contributed by atoms with Gasteiger partial charge in [-0.25, -0.2) is 9.67 Å². The van der Waals surface area contributed by atoms with Crippen LogP contribution in [0.5, 0.6) is 0 Å². The number of anilines is 1. The predicted octanol–water partition coefficient (Wildman–Crippen LogP) is 6.56. The van der Waals surface area contributed by atoms with Gasteiger partial charge >= 0.3 is 12.7 Å². The number of benzene rings is 3. The normalized spacial score (nSPS) is 11.8. The molecular formula is C25H16F5N5O. The summed E-state index contributed by atoms with van der Waals surface area (Å²) in [6.45, 7) is -2.84. The molecule has 0 aliphatic carbocycles. The first-order valence-corrected chi connectivity index (χ1v) is 10.6. The summed E-state index contributed by atoms with van der Waals surface area (Å²) in [5.74, 6) is -0.996. The number of carbonyl (C=O) groups excluding carboxylic acids is 1. The minimum absolute atomic E-state index is 0.0209. The van der Waals surface area contributed by atoms with E-state index in [1.54, 1.807) is 36.4 Å². The van der Waals surface area contributed by atoms with E-state index in [9.17, 15) is 26.7 Å². The first-order valence-electron chi connectivity index (χ1n) is 10.6. The maximum absolute atomic E-state index is 13.8. The summed E-state index contributed by atoms with van der Waals surface area (Å²) in [7, 11) is 0. The van der Waals surface area contributed by atoms with E-state index in [-0.39, 0.29) is 22.7 Å². The number of para-hydroxylation sites is 3. The van der Waals surface area contributed by atoms with Crippen LogP contribution < -0.4 is 5.32 Å². The zero-order valence-corrected chi connectivity index (χ0v) is 18.2. The Morgan fingerprint density at radius 1 is 0.889 bits per heavy atom. The van der Waals surface area contributed by atoms with Crippen LogP contribution in [0.4, 0.5) is 27.6 Å². The smallest absolute Gasteiger partial charge is 0.322 e. The minimum Gasteiger partial charge on any atom is -0.322 e. The third-order valence-electron chi connectivity index (χ3n) is 5.48. The van der Waals surface area contributed by atoms with Crippen LogP contribution in [0.15, 0.2) is 85.1 Å². The van der Waals surface area contributed by atoms with Crippen molar-refractivity contribution in [3.05, 3.63) is 96.3 Å². The number of hydrogen-bond donors (Lipinski definition) is 1. The van der Waals surface area contributed by atoms with E-state index in [1.165, 1.54) is 42.5 Å². The average Bonchev–Trinajstić information content (AvgIpc) is 3.48. The van der Waals surface area contributed by atoms with Crippen LogP contribution in [0, 0.1) is 0 Å². The van der Waals surface area contributed by atoms with Crippen LogP contribution in [0.25, 0.3) is 28.1 Å². The largest absolute Gasteiger partial charge is 0.434 e. The van der Waals surface area contributed by atoms with Gasteiger partial charge < -0.3 is 5.32 Å². The molecule has 5 rings (SSSR count). The monoisotopic (exact) mass is 497 g/mol. The maximum atomic E-state index is 13.8. The number of nitrogens with one attached hydrogen (secondary N) is 1. The average molecular weight is 497 g/mol. The van der Waals surface area contributed by atoms with Crippen molar-refractivity contribution in [1.82, 2.24) is 19.3 Å². The van der Waals surface area contributed by atoms with E-state index in [1.807, 2.05) is 0 Å². The lowest BCUT2D eigenvalue weighted by atomic mass is 10.1. The topological polar surface area (TPSA) is 64.7 Å². The molecule has 11 heteroatoms. The molecule has 0 fully saturated rings. The fraction of sp³-hybridized carbons (Fsp3) is 0.0800. The predicted molar refractivity (Wildman–Crippen MR) is 123 cm³/mol. The summed E-state index contributed by atoms with van der Waals surface area (Å²) in [5.41, 5.74) is -0.560. The van der Waals surface area contributed by atoms with E-state index in [2.05, 4.69) is 15.4 Å². The molecule has 0 saturated heterocycles. The molecule has 2 heterocycles. The number of aromatic nitrogens is 4. The van der Waals surface area contributed by atoms with Crippen molar-refractivity contribution >= 4 is 22.6 Å². The van der Waals surface area contributed by atoms with E-state index in [0.717, 1.165) is 10.8 Å². The van der Waals surface area contributed by atoms with Crippen molar-refractivity contribution in [2.75, 3.05) is 5.32 Å². The van der Waals surface area contributed by atoms with Crippen molar-refractivity contribution < 1.29 is 26.7 Å². The van der Waals surface area contributed by atoms with Gasteiger partial charge in [-0.3, -0.25) is 9.36 Å². The Kier molecular flexibility index (Phi) is 5.75. The van der Waals surface area contributed by atoms with Gasteiger partial charge in [-0.2, -0.15) is 27.1 Å². The number of alkyl halides is 5. The van der Waals surface area contributed by atoms with Gasteiger partial charge in [0.2, 0.25) is 0 Å². The van der Waals surface area contributed by atoms with Crippen molar-refractivity contribution in [3.8, 4) is 17.1 Å². The lowest BCUT2D eigenvalue weighted by Gasteiger charge is -2.13. The maximum Gasteiger partial charge on any atom is 0.434 e. The molecule has 0 aliphatic heterocycles. The number of nitrogens with zero attached hydrogens (tertiary/aromatic N) is 4. The Balaban J connectivity index is 1.44. The fourth-order valence-corrected chi connectivity index (χ4v) is 3.90. The van der Waals surface area contributed by atoms with Crippen molar-refractivity contribution in [1.29, 1.82) is 0 Å². The van der Waals surface area contributed by atoms with Gasteiger partial charge in [0.1, 0.15) is 5.82 Å². The Morgan fingerprint density at radius 2 is 1.56 bits per heavy atom. The molecule has 6 nitrogen and oxygen atoms in total. The van der Waals surface area contributed by atoms with E-state index in [0.29, 0.717) is 15.8 Å². The highest BCUT2D eigenvalue weighted by Crippen LogP contribution is 2.34. The summed E-state index contributed by atoms with van der Waals surface area (Å²) >= 11 is 0. The molecule has 3 aromatic carbocycles. The van der Waals surface area contributed by atoms with Crippen LogP contribution in [0.3, 0.4) is 0 Å². The lowest BCUT2D eigenvalue weighted by molar-refractivity contribution is -0.143. The number of carbonyl (C=O) groups is 1. The molecule has 0 aliphatic rings. The molecule has 5 aromatic rings. The Morgan fingerprint density at radius 3 is 2.22 bits per heavy atom. The van der Waals surface area contributed by atoms with Crippen molar-refractivity contribution in [2.24, 2.45) is 0 Å². The van der Waals surface area contributed by atoms with E-state index < -0.39 is 29.9 Å². The van der Waals surface area contributed by atoms with Crippen LogP contribution >= 0.6 is 0 Å². The SMILES string of the molecule is O=C(Nc1ccc(-c2nc3ccccc3n2C(F)F)cc1)c1cnn(-c2ccccc2)c1C(F)(F)F. The zero-order chi connectivity index (χ0) is 25.4. The number of fused-ring (bicyclic) bond motifs is 1. The van der Waals surface area contributed by atoms with Crippen molar-refractivity contribution in [2.45, 2.75) is 12.7 Å². The van der Waals surface area contributed by atoms with E-state index >= 15 is 0 Å². The summed E-state index contributed by atoms with van der Waals surface area (Å²) in [4.78, 5) is 17.0. The van der Waals surface area contributed by atoms with Gasteiger partial charge in [-0.15, -0.1) is 0 Å². The van der Waals surface area contributed by atoms with Gasteiger partial charge in [-0.1, -0.05) is 30.3 Å². The van der Waals surface area contributed by atoms with Gasteiger partial charge in [-0.05, 0) is 48.5 Å². The molecule has 0 bridgehead atoms. The number of amides is 1. The zero-order valence-electron chi connectivity index (χ0n) is 18.2. The molecule has 1 amide bonds. The van der Waals surface area contributed by atoms with E-state index in [4.69, 9.17) is 0 Å². The highest BCUT2D eigenvalue weighted by atomic mass is 19.4. The van der Waals surface area contributed by atoms with Crippen molar-refractivity contribution in [3.63, 3.8) is 0 Å². The van der Waals surface area contributed by atoms with Crippen LogP contribution in [-0.2, 0) is 6.18 Å². The number of rotatable bonds is 5. The highest BCUT2D eigenvalue weighted by molar-refractivity contribution is 6.05. The molecule has 0 spiro atoms. The Labute approximate surface area is 200 Å². The lowest BCUT2D eigenvalue weighted by Crippen LogP contribution is -2.20. The summed E-state index contributed by atoms with van der Waals surface area (Å²) in [6, 6.07) is 19.8. The molecule has 0 saturated carbocycles. The second-order valence-corrected chi connectivity index (χ2v) is 7.76. The first kappa shape index (κ1) is 23.2. The molecule has 0 unspecified atom stereocenters. The third kappa shape index (κ3) is 4.19. The van der Waals surface area contributed by atoms with Crippen LogP contribution in [0.1, 0.15) is 22.6 Å². The number of hydrogen-bond acceptors (Lipinski definition) is 3. The second kappa shape index (κ2) is 8.91. The number of halogens is 5. The van der Waals surface area contributed by atoms with Gasteiger partial charge in [0.25, 0.3) is 5.91 Å². The summed E-state index contributed by atoms with van der Waals surface area (Å²) in [6.07, 6.45) is -4.00. The van der Waals surface area contributed by atoms with Crippen LogP contribution in [0.2, 0.25) is 0 Å². The second-order valence-electron chi connectivity index (χ2n) is 7.76. The van der Waals surface area contributed by atoms with Gasteiger partial charge in [0.05, 0.1) is 28.5 Å². The molecule has 182 valence electrons. The molecule has 1 N–H and O–H groups in total. The Hall–Kier alpha value is -4.54.